The number of fused-ring (bicyclic) bond motifs is 2. The van der Waals surface area contributed by atoms with Gasteiger partial charge in [-0.25, -0.2) is 13.5 Å². The summed E-state index contributed by atoms with van der Waals surface area (Å²) in [4.78, 5) is 4.22. The van der Waals surface area contributed by atoms with Crippen molar-refractivity contribution in [2.24, 2.45) is 0 Å². The van der Waals surface area contributed by atoms with Gasteiger partial charge in [-0.3, -0.25) is 0 Å². The Labute approximate surface area is 156 Å². The average Bonchev–Trinajstić information content (AvgIpc) is 3.42. The van der Waals surface area contributed by atoms with Crippen LogP contribution in [-0.4, -0.2) is 33.8 Å². The van der Waals surface area contributed by atoms with Gasteiger partial charge in [0, 0.05) is 5.69 Å². The minimum absolute atomic E-state index is 0.0293. The maximum absolute atomic E-state index is 12.6. The summed E-state index contributed by atoms with van der Waals surface area (Å²) in [6, 6.07) is 3.73. The van der Waals surface area contributed by atoms with E-state index in [0.717, 1.165) is 44.2 Å². The van der Waals surface area contributed by atoms with Crippen molar-refractivity contribution in [2.45, 2.75) is 48.6 Å². The van der Waals surface area contributed by atoms with Gasteiger partial charge in [0.2, 0.25) is 20.9 Å². The normalized spacial score (nSPS) is 15.6. The molecule has 0 amide bonds. The van der Waals surface area contributed by atoms with Gasteiger partial charge in [-0.2, -0.15) is 15.2 Å². The highest BCUT2D eigenvalue weighted by Gasteiger charge is 2.26. The Morgan fingerprint density at radius 1 is 1.00 bits per heavy atom. The van der Waals surface area contributed by atoms with Gasteiger partial charge in [0.1, 0.15) is 0 Å². The Bertz CT molecular complexity index is 1090. The Morgan fingerprint density at radius 3 is 2.41 bits per heavy atom. The third-order valence-electron chi connectivity index (χ3n) is 5.30. The van der Waals surface area contributed by atoms with Crippen molar-refractivity contribution in [2.75, 3.05) is 5.32 Å². The summed E-state index contributed by atoms with van der Waals surface area (Å²) in [7, 11) is -3.81. The summed E-state index contributed by atoms with van der Waals surface area (Å²) in [5.41, 5.74) is 6.51. The molecular weight excluding hydrogens is 364 g/mol. The van der Waals surface area contributed by atoms with Crippen molar-refractivity contribution in [3.8, 4) is 0 Å². The van der Waals surface area contributed by atoms with Crippen LogP contribution in [0.15, 0.2) is 34.6 Å². The quantitative estimate of drug-likeness (QED) is 0.711. The summed E-state index contributed by atoms with van der Waals surface area (Å²) < 4.78 is 25.3. The Hall–Kier alpha value is -2.81. The lowest BCUT2D eigenvalue weighted by Gasteiger charge is -2.15. The van der Waals surface area contributed by atoms with Crippen LogP contribution in [0.5, 0.6) is 0 Å². The molecule has 0 radical (unpaired) electrons. The molecule has 1 aromatic carbocycles. The van der Waals surface area contributed by atoms with Crippen LogP contribution < -0.4 is 5.32 Å². The third kappa shape index (κ3) is 2.69. The van der Waals surface area contributed by atoms with Crippen molar-refractivity contribution in [1.82, 2.24) is 25.4 Å². The Balaban J connectivity index is 1.51. The molecule has 0 spiro atoms. The molecule has 2 aliphatic rings. The van der Waals surface area contributed by atoms with Gasteiger partial charge in [0.25, 0.3) is 0 Å². The molecule has 9 heteroatoms. The lowest BCUT2D eigenvalue weighted by atomic mass is 9.99. The molecule has 8 nitrogen and oxygen atoms in total. The molecule has 5 rings (SSSR count). The van der Waals surface area contributed by atoms with E-state index in [1.54, 1.807) is 0 Å². The van der Waals surface area contributed by atoms with Crippen LogP contribution in [0.25, 0.3) is 0 Å². The minimum Gasteiger partial charge on any atom is -0.322 e. The van der Waals surface area contributed by atoms with E-state index in [9.17, 15) is 8.42 Å². The molecule has 138 valence electrons. The molecular formula is C18H18N6O2S. The number of benzene rings is 1. The van der Waals surface area contributed by atoms with Crippen LogP contribution in [0.2, 0.25) is 0 Å². The van der Waals surface area contributed by atoms with Crippen LogP contribution in [0.3, 0.4) is 0 Å². The molecule has 0 saturated heterocycles. The summed E-state index contributed by atoms with van der Waals surface area (Å²) in [6.45, 7) is 0. The molecule has 0 saturated carbocycles. The number of aryl methyl sites for hydroxylation is 2. The zero-order chi connectivity index (χ0) is 18.4. The van der Waals surface area contributed by atoms with E-state index >= 15 is 0 Å². The van der Waals surface area contributed by atoms with E-state index in [2.05, 4.69) is 36.8 Å². The second-order valence-corrected chi connectivity index (χ2v) is 8.77. The van der Waals surface area contributed by atoms with Gasteiger partial charge in [-0.15, -0.1) is 5.10 Å². The Kier molecular flexibility index (Phi) is 3.71. The zero-order valence-electron chi connectivity index (χ0n) is 14.6. The van der Waals surface area contributed by atoms with Crippen LogP contribution in [-0.2, 0) is 35.5 Å². The first-order valence-electron chi connectivity index (χ1n) is 9.00. The predicted octanol–water partition coefficient (Wildman–Crippen LogP) is 2.15. The number of hydrogen-bond donors (Lipinski definition) is 2. The van der Waals surface area contributed by atoms with Crippen molar-refractivity contribution in [1.29, 1.82) is 0 Å². The lowest BCUT2D eigenvalue weighted by molar-refractivity contribution is 0.587. The molecule has 27 heavy (non-hydrogen) atoms. The predicted molar refractivity (Wildman–Crippen MR) is 97.6 cm³/mol. The zero-order valence-corrected chi connectivity index (χ0v) is 15.4. The number of aromatic amines is 1. The van der Waals surface area contributed by atoms with E-state index in [-0.39, 0.29) is 16.0 Å². The first kappa shape index (κ1) is 16.4. The Morgan fingerprint density at radius 2 is 1.74 bits per heavy atom. The fraction of sp³-hybridized carbons (Fsp3) is 0.333. The first-order valence-corrected chi connectivity index (χ1v) is 10.5. The van der Waals surface area contributed by atoms with Crippen molar-refractivity contribution < 1.29 is 8.42 Å². The largest absolute Gasteiger partial charge is 0.322 e. The first-order chi connectivity index (χ1) is 13.1. The molecule has 3 aromatic rings. The van der Waals surface area contributed by atoms with Crippen molar-refractivity contribution >= 4 is 21.5 Å². The number of nitrogens with zero attached hydrogens (tertiary/aromatic N) is 4. The maximum atomic E-state index is 12.6. The SMILES string of the molecule is O=S(=O)(c1ccnnc1)c1nc(Nc2c3c(cc4c2CCC4)CCC3)n[nH]1. The summed E-state index contributed by atoms with van der Waals surface area (Å²) in [6.07, 6.45) is 9.08. The molecule has 2 N–H and O–H groups in total. The van der Waals surface area contributed by atoms with E-state index < -0.39 is 9.84 Å². The molecule has 0 unspecified atom stereocenters. The second kappa shape index (κ2) is 6.12. The molecule has 0 fully saturated rings. The minimum atomic E-state index is -3.81. The summed E-state index contributed by atoms with van der Waals surface area (Å²) in [5, 5.41) is 17.0. The van der Waals surface area contributed by atoms with Crippen LogP contribution >= 0.6 is 0 Å². The highest BCUT2D eigenvalue weighted by atomic mass is 32.2. The van der Waals surface area contributed by atoms with E-state index in [1.807, 2.05) is 0 Å². The van der Waals surface area contributed by atoms with E-state index in [1.165, 1.54) is 40.7 Å². The highest BCUT2D eigenvalue weighted by molar-refractivity contribution is 7.91. The fourth-order valence-corrected chi connectivity index (χ4v) is 5.07. The number of H-pyrrole nitrogens is 1. The standard InChI is InChI=1S/C18H18N6O2S/c25-27(26,13-7-8-19-20-10-13)18-22-17(23-24-18)21-16-14-5-1-3-11(14)9-12-4-2-6-15(12)16/h7-10H,1-6H2,(H2,21,22,23,24). The topological polar surface area (TPSA) is 114 Å². The van der Waals surface area contributed by atoms with E-state index in [4.69, 9.17) is 0 Å². The monoisotopic (exact) mass is 382 g/mol. The smallest absolute Gasteiger partial charge is 0.249 e. The number of hydrogen-bond acceptors (Lipinski definition) is 7. The van der Waals surface area contributed by atoms with Gasteiger partial charge < -0.3 is 5.32 Å². The average molecular weight is 382 g/mol. The number of aromatic nitrogens is 5. The van der Waals surface area contributed by atoms with Gasteiger partial charge in [-0.1, -0.05) is 6.07 Å². The molecule has 0 bridgehead atoms. The number of rotatable bonds is 4. The fourth-order valence-electron chi connectivity index (χ4n) is 4.05. The van der Waals surface area contributed by atoms with Crippen LogP contribution in [0.1, 0.15) is 35.1 Å². The lowest BCUT2D eigenvalue weighted by Crippen LogP contribution is -2.05. The molecule has 0 aliphatic heterocycles. The van der Waals surface area contributed by atoms with Crippen molar-refractivity contribution in [3.63, 3.8) is 0 Å². The van der Waals surface area contributed by atoms with Gasteiger partial charge in [0.15, 0.2) is 0 Å². The van der Waals surface area contributed by atoms with Gasteiger partial charge in [-0.05, 0) is 66.8 Å². The molecule has 2 aromatic heterocycles. The molecule has 2 heterocycles. The molecule has 2 aliphatic carbocycles. The number of sulfone groups is 1. The highest BCUT2D eigenvalue weighted by Crippen LogP contribution is 2.39. The van der Waals surface area contributed by atoms with E-state index in [0.29, 0.717) is 0 Å². The summed E-state index contributed by atoms with van der Waals surface area (Å²) >= 11 is 0. The summed E-state index contributed by atoms with van der Waals surface area (Å²) in [5.74, 6) is 0.269. The van der Waals surface area contributed by atoms with Crippen molar-refractivity contribution in [3.05, 3.63) is 46.8 Å². The third-order valence-corrected chi connectivity index (χ3v) is 6.85. The number of nitrogens with one attached hydrogen (secondary N) is 2. The van der Waals surface area contributed by atoms with Gasteiger partial charge >= 0.3 is 0 Å². The van der Waals surface area contributed by atoms with Gasteiger partial charge in [0.05, 0.1) is 17.3 Å². The second-order valence-electron chi connectivity index (χ2n) is 6.90. The van der Waals surface area contributed by atoms with Crippen LogP contribution in [0, 0.1) is 0 Å². The van der Waals surface area contributed by atoms with Crippen LogP contribution in [0.4, 0.5) is 11.6 Å². The molecule has 0 atom stereocenters. The number of anilines is 2. The maximum Gasteiger partial charge on any atom is 0.249 e.